The third kappa shape index (κ3) is 3.94. The van der Waals surface area contributed by atoms with E-state index >= 15 is 0 Å². The zero-order valence-electron chi connectivity index (χ0n) is 15.7. The predicted octanol–water partition coefficient (Wildman–Crippen LogP) is 3.20. The van der Waals surface area contributed by atoms with Crippen LogP contribution in [0.5, 0.6) is 0 Å². The van der Waals surface area contributed by atoms with E-state index in [4.69, 9.17) is 0 Å². The average Bonchev–Trinajstić information content (AvgIpc) is 3.13. The molecule has 1 N–H and O–H groups in total. The lowest BCUT2D eigenvalue weighted by Crippen LogP contribution is -2.20. The zero-order valence-corrected chi connectivity index (χ0v) is 16.5. The number of carbonyl (C=O) groups is 1. The molecule has 0 saturated heterocycles. The van der Waals surface area contributed by atoms with Gasteiger partial charge in [-0.15, -0.1) is 10.2 Å². The van der Waals surface area contributed by atoms with E-state index in [9.17, 15) is 18.4 Å². The van der Waals surface area contributed by atoms with Crippen molar-refractivity contribution in [1.82, 2.24) is 19.2 Å². The highest BCUT2D eigenvalue weighted by Gasteiger charge is 2.14. The van der Waals surface area contributed by atoms with Crippen LogP contribution in [0, 0.1) is 18.6 Å². The van der Waals surface area contributed by atoms with Gasteiger partial charge in [-0.25, -0.2) is 8.78 Å². The summed E-state index contributed by atoms with van der Waals surface area (Å²) in [5.74, 6) is -1.23. The Morgan fingerprint density at radius 1 is 1.13 bits per heavy atom. The number of benzene rings is 2. The highest BCUT2D eigenvalue weighted by Crippen LogP contribution is 2.18. The molecule has 0 aliphatic heterocycles. The summed E-state index contributed by atoms with van der Waals surface area (Å²) >= 11 is 1.08. The number of nitrogens with one attached hydrogen (secondary N) is 1. The minimum Gasteiger partial charge on any atom is -0.325 e. The van der Waals surface area contributed by atoms with Crippen LogP contribution in [0.25, 0.3) is 11.3 Å². The quantitative estimate of drug-likeness (QED) is 0.495. The van der Waals surface area contributed by atoms with E-state index in [1.54, 1.807) is 31.3 Å². The van der Waals surface area contributed by atoms with E-state index < -0.39 is 17.2 Å². The number of thioether (sulfide) groups is 1. The largest absolute Gasteiger partial charge is 0.325 e. The lowest BCUT2D eigenvalue weighted by molar-refractivity contribution is -0.113. The molecule has 0 aliphatic carbocycles. The molecule has 2 aromatic heterocycles. The highest BCUT2D eigenvalue weighted by molar-refractivity contribution is 7.99. The number of rotatable bonds is 5. The molecule has 0 aliphatic rings. The lowest BCUT2D eigenvalue weighted by atomic mass is 10.2. The first-order valence-corrected chi connectivity index (χ1v) is 9.82. The standard InChI is InChI=1S/C20H15F2N5O2S/c1-12-5-6-14(10-16(12)22)23-17(28)11-30-20-25-24-18-19(29)26(7-8-27(18)20)15-4-2-3-13(21)9-15/h2-10H,11H2,1H3,(H,23,28). The Morgan fingerprint density at radius 2 is 1.97 bits per heavy atom. The molecule has 0 unspecified atom stereocenters. The smallest absolute Gasteiger partial charge is 0.300 e. The summed E-state index contributed by atoms with van der Waals surface area (Å²) < 4.78 is 29.8. The van der Waals surface area contributed by atoms with Crippen molar-refractivity contribution in [2.75, 3.05) is 11.1 Å². The number of nitrogens with zero attached hydrogens (tertiary/aromatic N) is 4. The fraction of sp³-hybridized carbons (Fsp3) is 0.100. The van der Waals surface area contributed by atoms with Crippen molar-refractivity contribution >= 4 is 29.0 Å². The maximum absolute atomic E-state index is 13.6. The molecule has 0 saturated carbocycles. The fourth-order valence-corrected chi connectivity index (χ4v) is 3.51. The highest BCUT2D eigenvalue weighted by atomic mass is 32.2. The molecule has 1 amide bonds. The van der Waals surface area contributed by atoms with Crippen molar-refractivity contribution in [1.29, 1.82) is 0 Å². The molecule has 7 nitrogen and oxygen atoms in total. The molecule has 2 heterocycles. The summed E-state index contributed by atoms with van der Waals surface area (Å²) in [6.07, 6.45) is 3.05. The normalized spacial score (nSPS) is 11.0. The Balaban J connectivity index is 1.51. The zero-order chi connectivity index (χ0) is 21.3. The van der Waals surface area contributed by atoms with Crippen LogP contribution in [0.15, 0.2) is 64.8 Å². The van der Waals surface area contributed by atoms with Gasteiger partial charge in [-0.3, -0.25) is 18.6 Å². The molecule has 152 valence electrons. The number of fused-ring (bicyclic) bond motifs is 1. The van der Waals surface area contributed by atoms with Gasteiger partial charge in [-0.1, -0.05) is 23.9 Å². The second-order valence-electron chi connectivity index (χ2n) is 6.43. The first-order valence-electron chi connectivity index (χ1n) is 8.83. The van der Waals surface area contributed by atoms with Crippen LogP contribution in [0.3, 0.4) is 0 Å². The second-order valence-corrected chi connectivity index (χ2v) is 7.37. The number of anilines is 1. The summed E-state index contributed by atoms with van der Waals surface area (Å²) in [5.41, 5.74) is 0.783. The molecule has 0 fully saturated rings. The van der Waals surface area contributed by atoms with Crippen LogP contribution >= 0.6 is 11.8 Å². The van der Waals surface area contributed by atoms with Crippen LogP contribution in [-0.4, -0.2) is 30.8 Å². The van der Waals surface area contributed by atoms with E-state index in [-0.39, 0.29) is 17.3 Å². The van der Waals surface area contributed by atoms with Gasteiger partial charge in [-0.2, -0.15) is 0 Å². The van der Waals surface area contributed by atoms with Gasteiger partial charge in [0, 0.05) is 18.1 Å². The molecule has 2 aromatic carbocycles. The Hall–Kier alpha value is -3.53. The van der Waals surface area contributed by atoms with Crippen molar-refractivity contribution in [2.24, 2.45) is 0 Å². The summed E-state index contributed by atoms with van der Waals surface area (Å²) in [7, 11) is 0. The van der Waals surface area contributed by atoms with Gasteiger partial charge in [-0.05, 0) is 42.8 Å². The van der Waals surface area contributed by atoms with E-state index in [2.05, 4.69) is 15.5 Å². The first-order chi connectivity index (χ1) is 14.4. The van der Waals surface area contributed by atoms with Gasteiger partial charge in [0.2, 0.25) is 11.6 Å². The Labute approximate surface area is 173 Å². The van der Waals surface area contributed by atoms with Gasteiger partial charge < -0.3 is 5.32 Å². The van der Waals surface area contributed by atoms with Crippen molar-refractivity contribution < 1.29 is 13.6 Å². The van der Waals surface area contributed by atoms with Crippen LogP contribution in [-0.2, 0) is 4.79 Å². The molecule has 0 radical (unpaired) electrons. The average molecular weight is 427 g/mol. The van der Waals surface area contributed by atoms with Crippen molar-refractivity contribution in [2.45, 2.75) is 12.1 Å². The summed E-state index contributed by atoms with van der Waals surface area (Å²) in [6.45, 7) is 1.63. The Morgan fingerprint density at radius 3 is 2.73 bits per heavy atom. The van der Waals surface area contributed by atoms with Crippen molar-refractivity contribution in [3.05, 3.63) is 82.4 Å². The first kappa shape index (κ1) is 19.8. The van der Waals surface area contributed by atoms with E-state index in [1.807, 2.05) is 0 Å². The molecule has 30 heavy (non-hydrogen) atoms. The number of carbonyl (C=O) groups excluding carboxylic acids is 1. The van der Waals surface area contributed by atoms with Gasteiger partial charge in [0.1, 0.15) is 11.6 Å². The van der Waals surface area contributed by atoms with E-state index in [0.717, 1.165) is 11.8 Å². The number of halogens is 2. The molecule has 0 atom stereocenters. The number of aryl methyl sites for hydroxylation is 1. The van der Waals surface area contributed by atoms with Crippen LogP contribution in [0.1, 0.15) is 5.56 Å². The van der Waals surface area contributed by atoms with Gasteiger partial charge in [0.15, 0.2) is 5.16 Å². The van der Waals surface area contributed by atoms with Crippen molar-refractivity contribution in [3.8, 4) is 5.69 Å². The molecule has 4 aromatic rings. The third-order valence-electron chi connectivity index (χ3n) is 4.31. The molecule has 4 rings (SSSR count). The maximum atomic E-state index is 13.6. The number of amides is 1. The van der Waals surface area contributed by atoms with Crippen LogP contribution in [0.2, 0.25) is 0 Å². The van der Waals surface area contributed by atoms with Gasteiger partial charge in [0.25, 0.3) is 0 Å². The molecule has 10 heteroatoms. The van der Waals surface area contributed by atoms with Gasteiger partial charge >= 0.3 is 5.56 Å². The third-order valence-corrected chi connectivity index (χ3v) is 5.26. The fourth-order valence-electron chi connectivity index (χ4n) is 2.79. The van der Waals surface area contributed by atoms with Crippen LogP contribution < -0.4 is 10.9 Å². The molecule has 0 spiro atoms. The minimum atomic E-state index is -0.470. The molecule has 0 bridgehead atoms. The molecular weight excluding hydrogens is 412 g/mol. The number of hydrogen-bond acceptors (Lipinski definition) is 5. The predicted molar refractivity (Wildman–Crippen MR) is 109 cm³/mol. The summed E-state index contributed by atoms with van der Waals surface area (Å²) in [5, 5.41) is 10.8. The Bertz CT molecular complexity index is 1320. The monoisotopic (exact) mass is 427 g/mol. The lowest BCUT2D eigenvalue weighted by Gasteiger charge is -2.07. The maximum Gasteiger partial charge on any atom is 0.300 e. The van der Waals surface area contributed by atoms with Crippen molar-refractivity contribution in [3.63, 3.8) is 0 Å². The number of aromatic nitrogens is 4. The number of hydrogen-bond donors (Lipinski definition) is 1. The topological polar surface area (TPSA) is 81.3 Å². The van der Waals surface area contributed by atoms with Crippen LogP contribution in [0.4, 0.5) is 14.5 Å². The SMILES string of the molecule is Cc1ccc(NC(=O)CSc2nnc3c(=O)n(-c4cccc(F)c4)ccn23)cc1F. The summed E-state index contributed by atoms with van der Waals surface area (Å²) in [6, 6.07) is 10.1. The Kier molecular flexibility index (Phi) is 5.32. The minimum absolute atomic E-state index is 0.0106. The van der Waals surface area contributed by atoms with E-state index in [1.165, 1.54) is 39.4 Å². The van der Waals surface area contributed by atoms with Gasteiger partial charge in [0.05, 0.1) is 11.4 Å². The second kappa shape index (κ2) is 8.07. The van der Waals surface area contributed by atoms with E-state index in [0.29, 0.717) is 22.1 Å². The summed E-state index contributed by atoms with van der Waals surface area (Å²) in [4.78, 5) is 24.9. The molecular formula is C20H15F2N5O2S.